The topological polar surface area (TPSA) is 52.5 Å². The van der Waals surface area contributed by atoms with E-state index in [2.05, 4.69) is 29.0 Å². The van der Waals surface area contributed by atoms with Crippen molar-refractivity contribution in [2.24, 2.45) is 0 Å². The molecular weight excluding hydrogens is 186 g/mol. The number of benzene rings is 1. The van der Waals surface area contributed by atoms with E-state index in [1.54, 1.807) is 6.20 Å². The summed E-state index contributed by atoms with van der Waals surface area (Å²) in [6, 6.07) is 10.2. The third-order valence-corrected chi connectivity index (χ3v) is 2.31. The maximum atomic E-state index is 8.54. The Hall–Kier alpha value is -2.08. The Kier molecular flexibility index (Phi) is 2.51. The lowest BCUT2D eigenvalue weighted by atomic mass is 10.1. The van der Waals surface area contributed by atoms with Gasteiger partial charge in [-0.15, -0.1) is 0 Å². The van der Waals surface area contributed by atoms with E-state index in [4.69, 9.17) is 5.26 Å². The number of aryl methyl sites for hydroxylation is 1. The molecule has 1 heterocycles. The number of nitrogens with one attached hydrogen (secondary N) is 1. The molecule has 0 aliphatic heterocycles. The fraction of sp³-hybridized carbons (Fsp3) is 0.167. The van der Waals surface area contributed by atoms with E-state index in [1.165, 1.54) is 5.56 Å². The second-order valence-corrected chi connectivity index (χ2v) is 3.39. The van der Waals surface area contributed by atoms with Crippen LogP contribution in [0.5, 0.6) is 0 Å². The molecule has 0 spiro atoms. The van der Waals surface area contributed by atoms with Crippen LogP contribution in [0.2, 0.25) is 0 Å². The standard InChI is InChI=1S/C12H11N3/c1-9-4-2-3-5-10(9)11-8-14-12(15-11)6-7-13/h2-5,8H,6H2,1H3,(H,14,15). The molecule has 0 saturated heterocycles. The largest absolute Gasteiger partial charge is 0.341 e. The quantitative estimate of drug-likeness (QED) is 0.803. The van der Waals surface area contributed by atoms with Crippen LogP contribution in [-0.4, -0.2) is 9.97 Å². The summed E-state index contributed by atoms with van der Waals surface area (Å²) in [7, 11) is 0. The number of H-pyrrole nitrogens is 1. The molecule has 0 fully saturated rings. The molecule has 3 nitrogen and oxygen atoms in total. The number of rotatable bonds is 2. The second kappa shape index (κ2) is 3.97. The van der Waals surface area contributed by atoms with Gasteiger partial charge in [-0.05, 0) is 12.5 Å². The maximum Gasteiger partial charge on any atom is 0.120 e. The molecule has 1 aromatic heterocycles. The van der Waals surface area contributed by atoms with Gasteiger partial charge in [0.05, 0.1) is 24.4 Å². The van der Waals surface area contributed by atoms with Gasteiger partial charge in [-0.1, -0.05) is 24.3 Å². The minimum Gasteiger partial charge on any atom is -0.341 e. The predicted octanol–water partition coefficient (Wildman–Crippen LogP) is 2.45. The molecule has 0 amide bonds. The summed E-state index contributed by atoms with van der Waals surface area (Å²) in [6.07, 6.45) is 2.10. The van der Waals surface area contributed by atoms with Gasteiger partial charge in [-0.2, -0.15) is 5.26 Å². The normalized spacial score (nSPS) is 9.87. The summed E-state index contributed by atoms with van der Waals surface area (Å²) >= 11 is 0. The fourth-order valence-electron chi connectivity index (χ4n) is 1.54. The van der Waals surface area contributed by atoms with E-state index in [1.807, 2.05) is 18.2 Å². The molecule has 0 atom stereocenters. The van der Waals surface area contributed by atoms with Gasteiger partial charge >= 0.3 is 0 Å². The fourth-order valence-corrected chi connectivity index (χ4v) is 1.54. The Balaban J connectivity index is 2.38. The van der Waals surface area contributed by atoms with Crippen LogP contribution in [0.4, 0.5) is 0 Å². The van der Waals surface area contributed by atoms with Gasteiger partial charge in [-0.25, -0.2) is 4.98 Å². The minimum atomic E-state index is 0.325. The first-order valence-corrected chi connectivity index (χ1v) is 4.78. The van der Waals surface area contributed by atoms with Crippen LogP contribution in [0.3, 0.4) is 0 Å². The van der Waals surface area contributed by atoms with Crippen molar-refractivity contribution >= 4 is 0 Å². The highest BCUT2D eigenvalue weighted by molar-refractivity contribution is 5.62. The number of imidazole rings is 1. The number of aromatic amines is 1. The monoisotopic (exact) mass is 197 g/mol. The molecule has 74 valence electrons. The summed E-state index contributed by atoms with van der Waals surface area (Å²) in [6.45, 7) is 2.06. The number of hydrogen-bond donors (Lipinski definition) is 1. The molecule has 3 heteroatoms. The van der Waals surface area contributed by atoms with Crippen molar-refractivity contribution in [3.63, 3.8) is 0 Å². The van der Waals surface area contributed by atoms with E-state index in [9.17, 15) is 0 Å². The Morgan fingerprint density at radius 1 is 1.40 bits per heavy atom. The van der Waals surface area contributed by atoms with Gasteiger partial charge < -0.3 is 4.98 Å². The molecule has 1 N–H and O–H groups in total. The second-order valence-electron chi connectivity index (χ2n) is 3.39. The highest BCUT2D eigenvalue weighted by atomic mass is 14.9. The first kappa shape index (κ1) is 9.47. The van der Waals surface area contributed by atoms with E-state index >= 15 is 0 Å². The molecule has 0 radical (unpaired) electrons. The third-order valence-electron chi connectivity index (χ3n) is 2.31. The minimum absolute atomic E-state index is 0.325. The van der Waals surface area contributed by atoms with Crippen molar-refractivity contribution < 1.29 is 0 Å². The van der Waals surface area contributed by atoms with Crippen molar-refractivity contribution in [1.29, 1.82) is 5.26 Å². The van der Waals surface area contributed by atoms with Crippen LogP contribution in [-0.2, 0) is 6.42 Å². The first-order valence-electron chi connectivity index (χ1n) is 4.78. The summed E-state index contributed by atoms with van der Waals surface area (Å²) in [5.41, 5.74) is 3.30. The van der Waals surface area contributed by atoms with Crippen LogP contribution in [0, 0.1) is 18.3 Å². The third kappa shape index (κ3) is 1.89. The molecule has 2 aromatic rings. The number of nitrogens with zero attached hydrogens (tertiary/aromatic N) is 2. The highest BCUT2D eigenvalue weighted by Crippen LogP contribution is 2.20. The average Bonchev–Trinajstić information content (AvgIpc) is 2.68. The maximum absolute atomic E-state index is 8.54. The van der Waals surface area contributed by atoms with Gasteiger partial charge in [0.2, 0.25) is 0 Å². The van der Waals surface area contributed by atoms with E-state index in [-0.39, 0.29) is 0 Å². The van der Waals surface area contributed by atoms with E-state index < -0.39 is 0 Å². The van der Waals surface area contributed by atoms with Crippen LogP contribution in [0.25, 0.3) is 11.3 Å². The van der Waals surface area contributed by atoms with Crippen LogP contribution in [0.15, 0.2) is 30.5 Å². The van der Waals surface area contributed by atoms with E-state index in [0.717, 1.165) is 17.1 Å². The van der Waals surface area contributed by atoms with Crippen LogP contribution in [0.1, 0.15) is 11.4 Å². The summed E-state index contributed by atoms with van der Waals surface area (Å²) in [4.78, 5) is 7.28. The smallest absolute Gasteiger partial charge is 0.120 e. The SMILES string of the molecule is Cc1ccccc1-c1cnc(CC#N)[nH]1. The number of nitriles is 1. The van der Waals surface area contributed by atoms with Crippen molar-refractivity contribution in [1.82, 2.24) is 9.97 Å². The molecule has 0 aliphatic carbocycles. The summed E-state index contributed by atoms with van der Waals surface area (Å²) in [5, 5.41) is 8.54. The summed E-state index contributed by atoms with van der Waals surface area (Å²) < 4.78 is 0. The van der Waals surface area contributed by atoms with E-state index in [0.29, 0.717) is 6.42 Å². The van der Waals surface area contributed by atoms with Gasteiger partial charge in [0.15, 0.2) is 0 Å². The molecule has 0 bridgehead atoms. The van der Waals surface area contributed by atoms with Crippen LogP contribution < -0.4 is 0 Å². The van der Waals surface area contributed by atoms with Crippen molar-refractivity contribution in [2.75, 3.05) is 0 Å². The molecule has 1 aromatic carbocycles. The van der Waals surface area contributed by atoms with Crippen molar-refractivity contribution in [2.45, 2.75) is 13.3 Å². The van der Waals surface area contributed by atoms with Gasteiger partial charge in [-0.3, -0.25) is 0 Å². The van der Waals surface area contributed by atoms with Gasteiger partial charge in [0.1, 0.15) is 5.82 Å². The molecular formula is C12H11N3. The zero-order chi connectivity index (χ0) is 10.7. The van der Waals surface area contributed by atoms with Crippen LogP contribution >= 0.6 is 0 Å². The Bertz CT molecular complexity index is 506. The zero-order valence-corrected chi connectivity index (χ0v) is 8.49. The van der Waals surface area contributed by atoms with Gasteiger partial charge in [0.25, 0.3) is 0 Å². The molecule has 0 aliphatic rings. The Labute approximate surface area is 88.4 Å². The molecule has 0 saturated carbocycles. The first-order chi connectivity index (χ1) is 7.31. The molecule has 15 heavy (non-hydrogen) atoms. The predicted molar refractivity (Wildman–Crippen MR) is 58.1 cm³/mol. The Morgan fingerprint density at radius 3 is 2.93 bits per heavy atom. The molecule has 2 rings (SSSR count). The van der Waals surface area contributed by atoms with Gasteiger partial charge in [0, 0.05) is 5.56 Å². The lowest BCUT2D eigenvalue weighted by molar-refractivity contribution is 1.06. The lowest BCUT2D eigenvalue weighted by Crippen LogP contribution is -1.85. The number of aromatic nitrogens is 2. The lowest BCUT2D eigenvalue weighted by Gasteiger charge is -2.01. The highest BCUT2D eigenvalue weighted by Gasteiger charge is 2.04. The molecule has 0 unspecified atom stereocenters. The average molecular weight is 197 g/mol. The zero-order valence-electron chi connectivity index (χ0n) is 8.49. The Morgan fingerprint density at radius 2 is 2.20 bits per heavy atom. The summed E-state index contributed by atoms with van der Waals surface area (Å²) in [5.74, 6) is 0.718. The van der Waals surface area contributed by atoms with Crippen molar-refractivity contribution in [3.8, 4) is 17.3 Å². The van der Waals surface area contributed by atoms with Crippen molar-refractivity contribution in [3.05, 3.63) is 41.9 Å². The number of hydrogen-bond acceptors (Lipinski definition) is 2.